The molecule has 0 saturated carbocycles. The lowest BCUT2D eigenvalue weighted by Gasteiger charge is -2.17. The van der Waals surface area contributed by atoms with E-state index in [0.717, 1.165) is 16.3 Å². The summed E-state index contributed by atoms with van der Waals surface area (Å²) in [4.78, 5) is 12.4. The van der Waals surface area contributed by atoms with Crippen molar-refractivity contribution in [1.82, 2.24) is 5.32 Å². The number of primary sulfonamides is 1. The van der Waals surface area contributed by atoms with Crippen LogP contribution in [0.15, 0.2) is 71.6 Å². The molecule has 0 aliphatic heterocycles. The van der Waals surface area contributed by atoms with Crippen molar-refractivity contribution in [3.8, 4) is 0 Å². The van der Waals surface area contributed by atoms with E-state index < -0.39 is 10.0 Å². The molecule has 3 N–H and O–H groups in total. The van der Waals surface area contributed by atoms with Crippen LogP contribution in [0.25, 0.3) is 10.8 Å². The van der Waals surface area contributed by atoms with E-state index in [1.165, 1.54) is 24.3 Å². The number of nitrogens with one attached hydrogen (secondary N) is 1. The number of amides is 1. The summed E-state index contributed by atoms with van der Waals surface area (Å²) in [7, 11) is -3.77. The lowest BCUT2D eigenvalue weighted by Crippen LogP contribution is -2.26. The maximum Gasteiger partial charge on any atom is 0.251 e. The van der Waals surface area contributed by atoms with Crippen molar-refractivity contribution in [2.45, 2.75) is 17.9 Å². The van der Waals surface area contributed by atoms with Crippen molar-refractivity contribution in [2.24, 2.45) is 5.14 Å². The smallest absolute Gasteiger partial charge is 0.251 e. The van der Waals surface area contributed by atoms with Gasteiger partial charge in [0.25, 0.3) is 5.91 Å². The van der Waals surface area contributed by atoms with Gasteiger partial charge in [0.1, 0.15) is 0 Å². The number of hydrogen-bond donors (Lipinski definition) is 2. The van der Waals surface area contributed by atoms with Crippen molar-refractivity contribution < 1.29 is 13.2 Å². The van der Waals surface area contributed by atoms with E-state index >= 15 is 0 Å². The molecule has 3 rings (SSSR count). The fraction of sp³-hybridized carbons (Fsp3) is 0.105. The van der Waals surface area contributed by atoms with E-state index in [9.17, 15) is 13.2 Å². The number of benzene rings is 3. The summed E-state index contributed by atoms with van der Waals surface area (Å²) in [6.45, 7) is 1.92. The molecule has 0 aromatic heterocycles. The minimum Gasteiger partial charge on any atom is -0.345 e. The van der Waals surface area contributed by atoms with Crippen LogP contribution < -0.4 is 10.5 Å². The molecule has 0 saturated heterocycles. The molecule has 0 radical (unpaired) electrons. The molecular weight excluding hydrogens is 336 g/mol. The number of nitrogens with two attached hydrogens (primary N) is 1. The normalized spacial score (nSPS) is 12.7. The van der Waals surface area contributed by atoms with Crippen LogP contribution in [-0.4, -0.2) is 14.3 Å². The number of fused-ring (bicyclic) bond motifs is 1. The van der Waals surface area contributed by atoms with Crippen LogP contribution in [0.2, 0.25) is 0 Å². The van der Waals surface area contributed by atoms with E-state index in [1.807, 2.05) is 49.4 Å². The third-order valence-electron chi connectivity index (χ3n) is 4.08. The third kappa shape index (κ3) is 3.70. The molecule has 0 spiro atoms. The topological polar surface area (TPSA) is 89.3 Å². The Morgan fingerprint density at radius 3 is 2.28 bits per heavy atom. The Morgan fingerprint density at radius 1 is 0.960 bits per heavy atom. The summed E-state index contributed by atoms with van der Waals surface area (Å²) in [5.41, 5.74) is 1.40. The average Bonchev–Trinajstić information content (AvgIpc) is 2.60. The number of rotatable bonds is 4. The van der Waals surface area contributed by atoms with Gasteiger partial charge in [-0.3, -0.25) is 4.79 Å². The molecule has 3 aromatic rings. The fourth-order valence-electron chi connectivity index (χ4n) is 2.78. The zero-order valence-electron chi connectivity index (χ0n) is 13.6. The van der Waals surface area contributed by atoms with Crippen molar-refractivity contribution in [1.29, 1.82) is 0 Å². The molecule has 128 valence electrons. The summed E-state index contributed by atoms with van der Waals surface area (Å²) in [6, 6.07) is 19.3. The second-order valence-corrected chi connectivity index (χ2v) is 7.39. The van der Waals surface area contributed by atoms with Crippen LogP contribution in [0.5, 0.6) is 0 Å². The summed E-state index contributed by atoms with van der Waals surface area (Å²) in [5.74, 6) is -0.276. The van der Waals surface area contributed by atoms with Crippen molar-refractivity contribution in [3.05, 3.63) is 77.9 Å². The Morgan fingerprint density at radius 2 is 1.60 bits per heavy atom. The van der Waals surface area contributed by atoms with Crippen molar-refractivity contribution >= 4 is 26.7 Å². The highest BCUT2D eigenvalue weighted by molar-refractivity contribution is 7.89. The lowest BCUT2D eigenvalue weighted by atomic mass is 9.99. The summed E-state index contributed by atoms with van der Waals surface area (Å²) < 4.78 is 22.6. The predicted octanol–water partition coefficient (Wildman–Crippen LogP) is 2.98. The standard InChI is InChI=1S/C19H18N2O3S/c1-13(17-8-4-6-14-5-2-3-7-18(14)17)21-19(22)15-9-11-16(12-10-15)25(20,23)24/h2-13H,1H3,(H,21,22)(H2,20,23,24)/t13-/m1/s1. The van der Waals surface area contributed by atoms with Gasteiger partial charge in [-0.1, -0.05) is 42.5 Å². The van der Waals surface area contributed by atoms with E-state index in [4.69, 9.17) is 5.14 Å². The van der Waals surface area contributed by atoms with E-state index in [1.54, 1.807) is 0 Å². The van der Waals surface area contributed by atoms with Gasteiger partial charge in [0.15, 0.2) is 0 Å². The minimum absolute atomic E-state index is 0.0221. The van der Waals surface area contributed by atoms with Gasteiger partial charge in [0.05, 0.1) is 10.9 Å². The molecule has 0 unspecified atom stereocenters. The highest BCUT2D eigenvalue weighted by Gasteiger charge is 2.15. The monoisotopic (exact) mass is 354 g/mol. The van der Waals surface area contributed by atoms with Gasteiger partial charge in [-0.25, -0.2) is 13.6 Å². The Labute approximate surface area is 146 Å². The van der Waals surface area contributed by atoms with Crippen LogP contribution in [0.1, 0.15) is 28.9 Å². The van der Waals surface area contributed by atoms with Crippen LogP contribution in [0.3, 0.4) is 0 Å². The highest BCUT2D eigenvalue weighted by Crippen LogP contribution is 2.24. The van der Waals surface area contributed by atoms with Gasteiger partial charge in [-0.05, 0) is 47.5 Å². The molecule has 0 aliphatic rings. The summed E-state index contributed by atoms with van der Waals surface area (Å²) in [6.07, 6.45) is 0. The van der Waals surface area contributed by atoms with Crippen LogP contribution in [-0.2, 0) is 10.0 Å². The number of carbonyl (C=O) groups excluding carboxylic acids is 1. The van der Waals surface area contributed by atoms with Crippen molar-refractivity contribution in [2.75, 3.05) is 0 Å². The van der Waals surface area contributed by atoms with Crippen LogP contribution in [0, 0.1) is 0 Å². The van der Waals surface area contributed by atoms with Gasteiger partial charge in [0.2, 0.25) is 10.0 Å². The Bertz CT molecular complexity index is 1020. The Hall–Kier alpha value is -2.70. The number of sulfonamides is 1. The molecule has 6 heteroatoms. The molecule has 0 fully saturated rings. The highest BCUT2D eigenvalue weighted by atomic mass is 32.2. The van der Waals surface area contributed by atoms with Gasteiger partial charge in [-0.2, -0.15) is 0 Å². The molecule has 0 aliphatic carbocycles. The molecule has 25 heavy (non-hydrogen) atoms. The summed E-state index contributed by atoms with van der Waals surface area (Å²) >= 11 is 0. The van der Waals surface area contributed by atoms with Crippen LogP contribution in [0.4, 0.5) is 0 Å². The number of carbonyl (C=O) groups is 1. The van der Waals surface area contributed by atoms with E-state index in [-0.39, 0.29) is 16.8 Å². The average molecular weight is 354 g/mol. The maximum atomic E-state index is 12.4. The zero-order valence-corrected chi connectivity index (χ0v) is 14.5. The zero-order chi connectivity index (χ0) is 18.0. The first kappa shape index (κ1) is 17.1. The van der Waals surface area contributed by atoms with Gasteiger partial charge in [-0.15, -0.1) is 0 Å². The molecule has 5 nitrogen and oxygen atoms in total. The molecule has 1 amide bonds. The Balaban J connectivity index is 1.82. The largest absolute Gasteiger partial charge is 0.345 e. The molecule has 0 bridgehead atoms. The first-order valence-corrected chi connectivity index (χ1v) is 9.32. The lowest BCUT2D eigenvalue weighted by molar-refractivity contribution is 0.0940. The minimum atomic E-state index is -3.77. The van der Waals surface area contributed by atoms with Crippen LogP contribution >= 0.6 is 0 Å². The first-order valence-electron chi connectivity index (χ1n) is 7.77. The maximum absolute atomic E-state index is 12.4. The first-order chi connectivity index (χ1) is 11.9. The second-order valence-electron chi connectivity index (χ2n) is 5.83. The van der Waals surface area contributed by atoms with E-state index in [2.05, 4.69) is 5.32 Å². The van der Waals surface area contributed by atoms with Gasteiger partial charge < -0.3 is 5.32 Å². The fourth-order valence-corrected chi connectivity index (χ4v) is 3.30. The molecular formula is C19H18N2O3S. The quantitative estimate of drug-likeness (QED) is 0.755. The van der Waals surface area contributed by atoms with Gasteiger partial charge in [0, 0.05) is 5.56 Å². The van der Waals surface area contributed by atoms with Crippen molar-refractivity contribution in [3.63, 3.8) is 0 Å². The SMILES string of the molecule is C[C@@H](NC(=O)c1ccc(S(N)(=O)=O)cc1)c1cccc2ccccc12. The van der Waals surface area contributed by atoms with Gasteiger partial charge >= 0.3 is 0 Å². The predicted molar refractivity (Wildman–Crippen MR) is 97.6 cm³/mol. The third-order valence-corrected chi connectivity index (χ3v) is 5.01. The number of hydrogen-bond acceptors (Lipinski definition) is 3. The molecule has 0 heterocycles. The molecule has 1 atom stereocenters. The van der Waals surface area contributed by atoms with E-state index in [0.29, 0.717) is 5.56 Å². The summed E-state index contributed by atoms with van der Waals surface area (Å²) in [5, 5.41) is 10.2. The molecule has 3 aromatic carbocycles. The Kier molecular flexibility index (Phi) is 4.57. The second kappa shape index (κ2) is 6.66.